The molecule has 0 saturated carbocycles. The summed E-state index contributed by atoms with van der Waals surface area (Å²) in [6.07, 6.45) is 1.89. The van der Waals surface area contributed by atoms with Gasteiger partial charge < -0.3 is 5.11 Å². The molecule has 1 aromatic heterocycles. The van der Waals surface area contributed by atoms with Gasteiger partial charge in [0.15, 0.2) is 0 Å². The van der Waals surface area contributed by atoms with Crippen molar-refractivity contribution in [2.45, 2.75) is 12.3 Å². The van der Waals surface area contributed by atoms with Crippen molar-refractivity contribution in [3.8, 4) is 0 Å². The fraction of sp³-hybridized carbons (Fsp3) is 0.143. The Morgan fingerprint density at radius 1 is 1.22 bits per heavy atom. The number of aliphatic carboxylic acids is 1. The van der Waals surface area contributed by atoms with E-state index >= 15 is 0 Å². The van der Waals surface area contributed by atoms with Gasteiger partial charge in [-0.05, 0) is 24.1 Å². The second-order valence-electron chi connectivity index (χ2n) is 3.98. The van der Waals surface area contributed by atoms with Crippen LogP contribution in [0, 0.1) is 0 Å². The molecule has 0 spiro atoms. The van der Waals surface area contributed by atoms with Gasteiger partial charge in [0, 0.05) is 6.20 Å². The molecule has 0 aliphatic carbocycles. The fourth-order valence-corrected chi connectivity index (χ4v) is 1.87. The minimum atomic E-state index is -0.881. The van der Waals surface area contributed by atoms with E-state index in [-0.39, 0.29) is 0 Å². The first kappa shape index (κ1) is 12.6. The number of benzene rings is 1. The molecule has 1 atom stereocenters. The largest absolute Gasteiger partial charge is 0.481 e. The van der Waals surface area contributed by atoms with Gasteiger partial charge in [0.25, 0.3) is 0 Å². The summed E-state index contributed by atoms with van der Waals surface area (Å²) in [7, 11) is 0. The zero-order valence-electron chi connectivity index (χ0n) is 9.58. The Labute approximate surface area is 110 Å². The molecule has 1 aromatic carbocycles. The minimum Gasteiger partial charge on any atom is -0.481 e. The molecule has 18 heavy (non-hydrogen) atoms. The molecule has 3 nitrogen and oxygen atoms in total. The van der Waals surface area contributed by atoms with Gasteiger partial charge in [-0.2, -0.15) is 0 Å². The molecule has 4 heteroatoms. The van der Waals surface area contributed by atoms with Gasteiger partial charge in [-0.1, -0.05) is 41.9 Å². The molecule has 0 amide bonds. The highest BCUT2D eigenvalue weighted by Crippen LogP contribution is 2.20. The summed E-state index contributed by atoms with van der Waals surface area (Å²) >= 11 is 5.75. The summed E-state index contributed by atoms with van der Waals surface area (Å²) in [5.41, 5.74) is 1.50. The van der Waals surface area contributed by atoms with Gasteiger partial charge in [0.2, 0.25) is 0 Å². The lowest BCUT2D eigenvalue weighted by atomic mass is 9.96. The SMILES string of the molecule is O=C(O)C(Cc1ccccc1)c1ccc(Cl)cn1. The van der Waals surface area contributed by atoms with E-state index in [4.69, 9.17) is 11.6 Å². The van der Waals surface area contributed by atoms with Crippen LogP contribution >= 0.6 is 11.6 Å². The first-order valence-electron chi connectivity index (χ1n) is 5.55. The number of aromatic nitrogens is 1. The van der Waals surface area contributed by atoms with Crippen molar-refractivity contribution in [1.29, 1.82) is 0 Å². The van der Waals surface area contributed by atoms with Crippen LogP contribution in [0.2, 0.25) is 5.02 Å². The summed E-state index contributed by atoms with van der Waals surface area (Å²) in [6, 6.07) is 12.8. The average Bonchev–Trinajstić information content (AvgIpc) is 2.38. The van der Waals surface area contributed by atoms with Gasteiger partial charge in [0.1, 0.15) is 5.92 Å². The van der Waals surface area contributed by atoms with Crippen LogP contribution in [0.5, 0.6) is 0 Å². The summed E-state index contributed by atoms with van der Waals surface area (Å²) in [6.45, 7) is 0. The van der Waals surface area contributed by atoms with Crippen molar-refractivity contribution >= 4 is 17.6 Å². The zero-order valence-corrected chi connectivity index (χ0v) is 10.3. The molecule has 2 rings (SSSR count). The normalized spacial score (nSPS) is 12.1. The standard InChI is InChI=1S/C14H12ClNO2/c15-11-6-7-13(16-9-11)12(14(17)18)8-10-4-2-1-3-5-10/h1-7,9,12H,8H2,(H,17,18). The van der Waals surface area contributed by atoms with Crippen molar-refractivity contribution in [3.63, 3.8) is 0 Å². The lowest BCUT2D eigenvalue weighted by Crippen LogP contribution is -2.15. The third-order valence-electron chi connectivity index (χ3n) is 2.69. The molecule has 0 saturated heterocycles. The molecule has 1 heterocycles. The number of halogens is 1. The second-order valence-corrected chi connectivity index (χ2v) is 4.42. The van der Waals surface area contributed by atoms with Crippen molar-refractivity contribution in [3.05, 3.63) is 64.9 Å². The van der Waals surface area contributed by atoms with Crippen LogP contribution < -0.4 is 0 Å². The first-order chi connectivity index (χ1) is 8.66. The van der Waals surface area contributed by atoms with Gasteiger partial charge >= 0.3 is 5.97 Å². The Hall–Kier alpha value is -1.87. The van der Waals surface area contributed by atoms with Crippen LogP contribution in [0.4, 0.5) is 0 Å². The van der Waals surface area contributed by atoms with Crippen molar-refractivity contribution in [1.82, 2.24) is 4.98 Å². The molecule has 0 bridgehead atoms. The summed E-state index contributed by atoms with van der Waals surface area (Å²) in [5.74, 6) is -1.53. The van der Waals surface area contributed by atoms with E-state index in [2.05, 4.69) is 4.98 Å². The van der Waals surface area contributed by atoms with Crippen molar-refractivity contribution in [2.24, 2.45) is 0 Å². The van der Waals surface area contributed by atoms with E-state index in [1.807, 2.05) is 30.3 Å². The van der Waals surface area contributed by atoms with E-state index < -0.39 is 11.9 Å². The number of hydrogen-bond donors (Lipinski definition) is 1. The Morgan fingerprint density at radius 2 is 1.94 bits per heavy atom. The molecule has 1 unspecified atom stereocenters. The Kier molecular flexibility index (Phi) is 3.95. The van der Waals surface area contributed by atoms with E-state index in [1.165, 1.54) is 6.20 Å². The average molecular weight is 262 g/mol. The second kappa shape index (κ2) is 5.65. The number of pyridine rings is 1. The van der Waals surface area contributed by atoms with Crippen LogP contribution in [-0.2, 0) is 11.2 Å². The highest BCUT2D eigenvalue weighted by Gasteiger charge is 2.21. The quantitative estimate of drug-likeness (QED) is 0.920. The van der Waals surface area contributed by atoms with Crippen molar-refractivity contribution < 1.29 is 9.90 Å². The molecule has 0 aliphatic rings. The maximum atomic E-state index is 11.3. The molecular weight excluding hydrogens is 250 g/mol. The zero-order chi connectivity index (χ0) is 13.0. The predicted octanol–water partition coefficient (Wildman–Crippen LogP) is 3.15. The summed E-state index contributed by atoms with van der Waals surface area (Å²) < 4.78 is 0. The smallest absolute Gasteiger partial charge is 0.312 e. The van der Waals surface area contributed by atoms with Crippen molar-refractivity contribution in [2.75, 3.05) is 0 Å². The molecule has 0 aliphatic heterocycles. The molecule has 2 aromatic rings. The van der Waals surface area contributed by atoms with Crippen LogP contribution in [0.3, 0.4) is 0 Å². The molecule has 1 N–H and O–H groups in total. The molecular formula is C14H12ClNO2. The van der Waals surface area contributed by atoms with Crippen LogP contribution in [0.15, 0.2) is 48.7 Å². The lowest BCUT2D eigenvalue weighted by molar-refractivity contribution is -0.138. The lowest BCUT2D eigenvalue weighted by Gasteiger charge is -2.11. The topological polar surface area (TPSA) is 50.2 Å². The Balaban J connectivity index is 2.24. The monoisotopic (exact) mass is 261 g/mol. The number of nitrogens with zero attached hydrogens (tertiary/aromatic N) is 1. The Morgan fingerprint density at radius 3 is 2.50 bits per heavy atom. The predicted molar refractivity (Wildman–Crippen MR) is 69.8 cm³/mol. The van der Waals surface area contributed by atoms with E-state index in [9.17, 15) is 9.90 Å². The maximum Gasteiger partial charge on any atom is 0.312 e. The maximum absolute atomic E-state index is 11.3. The molecule has 0 radical (unpaired) electrons. The van der Waals surface area contributed by atoms with Crippen LogP contribution in [-0.4, -0.2) is 16.1 Å². The molecule has 0 fully saturated rings. The van der Waals surface area contributed by atoms with Crippen LogP contribution in [0.25, 0.3) is 0 Å². The van der Waals surface area contributed by atoms with Crippen LogP contribution in [0.1, 0.15) is 17.2 Å². The Bertz CT molecular complexity index is 525. The van der Waals surface area contributed by atoms with Gasteiger partial charge in [0.05, 0.1) is 10.7 Å². The van der Waals surface area contributed by atoms with Gasteiger partial charge in [-0.15, -0.1) is 0 Å². The van der Waals surface area contributed by atoms with E-state index in [1.54, 1.807) is 12.1 Å². The number of carboxylic acids is 1. The number of hydrogen-bond acceptors (Lipinski definition) is 2. The number of carbonyl (C=O) groups is 1. The third-order valence-corrected chi connectivity index (χ3v) is 2.91. The highest BCUT2D eigenvalue weighted by molar-refractivity contribution is 6.30. The molecule has 92 valence electrons. The number of rotatable bonds is 4. The number of carboxylic acid groups (broad SMARTS) is 1. The van der Waals surface area contributed by atoms with E-state index in [0.29, 0.717) is 17.1 Å². The van der Waals surface area contributed by atoms with E-state index in [0.717, 1.165) is 5.56 Å². The summed E-state index contributed by atoms with van der Waals surface area (Å²) in [5, 5.41) is 9.79. The summed E-state index contributed by atoms with van der Waals surface area (Å²) in [4.78, 5) is 15.4. The fourth-order valence-electron chi connectivity index (χ4n) is 1.76. The van der Waals surface area contributed by atoms with Gasteiger partial charge in [-0.25, -0.2) is 0 Å². The third kappa shape index (κ3) is 3.08. The van der Waals surface area contributed by atoms with Gasteiger partial charge in [-0.3, -0.25) is 9.78 Å². The highest BCUT2D eigenvalue weighted by atomic mass is 35.5. The first-order valence-corrected chi connectivity index (χ1v) is 5.93. The minimum absolute atomic E-state index is 0.421.